The summed E-state index contributed by atoms with van der Waals surface area (Å²) < 4.78 is 6.55. The van der Waals surface area contributed by atoms with Crippen molar-refractivity contribution in [1.82, 2.24) is 5.32 Å². The van der Waals surface area contributed by atoms with Crippen molar-refractivity contribution in [3.8, 4) is 0 Å². The molecule has 4 nitrogen and oxygen atoms in total. The van der Waals surface area contributed by atoms with Crippen molar-refractivity contribution >= 4 is 5.97 Å². The number of carboxylic acids is 1. The second kappa shape index (κ2) is 9.91. The van der Waals surface area contributed by atoms with Gasteiger partial charge in [0.25, 0.3) is 0 Å². The van der Waals surface area contributed by atoms with E-state index in [1.807, 2.05) is 42.5 Å². The second-order valence-electron chi connectivity index (χ2n) is 9.47. The van der Waals surface area contributed by atoms with Gasteiger partial charge in [-0.1, -0.05) is 68.8 Å². The van der Waals surface area contributed by atoms with E-state index >= 15 is 0 Å². The first-order valence-electron chi connectivity index (χ1n) is 12.0. The topological polar surface area (TPSA) is 58.6 Å². The summed E-state index contributed by atoms with van der Waals surface area (Å²) in [6.45, 7) is 5.08. The molecule has 2 aliphatic carbocycles. The predicted octanol–water partition coefficient (Wildman–Crippen LogP) is 6.16. The number of nitrogens with one attached hydrogen (secondary N) is 1. The number of rotatable bonds is 8. The predicted molar refractivity (Wildman–Crippen MR) is 128 cm³/mol. The average molecular weight is 434 g/mol. The number of hydrogen-bond acceptors (Lipinski definition) is 3. The third-order valence-electron chi connectivity index (χ3n) is 7.08. The monoisotopic (exact) mass is 433 g/mol. The van der Waals surface area contributed by atoms with E-state index in [2.05, 4.69) is 25.4 Å². The van der Waals surface area contributed by atoms with Gasteiger partial charge in [0.1, 0.15) is 11.5 Å². The number of carboxylic acid groups (broad SMARTS) is 1. The Labute approximate surface area is 191 Å². The smallest absolute Gasteiger partial charge is 0.318 e. The standard InChI is InChI=1S/C28H35NO3/c1-3-4-8-22-18-29-25-14-9-20(2)17-24(25)26(22)32-19-21-10-12-23(13-11-21)28(27(30)31)15-6-5-7-16-28/h5-7,10-13,15,18,20,26,29H,3-4,8-9,14,16-17,19H2,1-2H3,(H,30,31). The highest BCUT2D eigenvalue weighted by Gasteiger charge is 2.37. The van der Waals surface area contributed by atoms with Gasteiger partial charge in [0, 0.05) is 11.9 Å². The molecule has 170 valence electrons. The normalized spacial score (nSPS) is 27.0. The molecule has 1 aromatic carbocycles. The number of carbonyl (C=O) groups is 1. The molecule has 0 saturated heterocycles. The minimum absolute atomic E-state index is 0.0528. The highest BCUT2D eigenvalue weighted by Crippen LogP contribution is 2.38. The molecule has 0 aromatic heterocycles. The molecule has 0 radical (unpaired) electrons. The Morgan fingerprint density at radius 1 is 1.25 bits per heavy atom. The molecule has 32 heavy (non-hydrogen) atoms. The van der Waals surface area contributed by atoms with Crippen LogP contribution in [0.15, 0.2) is 71.6 Å². The summed E-state index contributed by atoms with van der Waals surface area (Å²) in [4.78, 5) is 12.0. The maximum atomic E-state index is 12.0. The van der Waals surface area contributed by atoms with Crippen LogP contribution in [0.25, 0.3) is 0 Å². The summed E-state index contributed by atoms with van der Waals surface area (Å²) in [7, 11) is 0. The van der Waals surface area contributed by atoms with E-state index in [1.54, 1.807) is 6.08 Å². The number of hydrogen-bond donors (Lipinski definition) is 2. The number of ether oxygens (including phenoxy) is 1. The summed E-state index contributed by atoms with van der Waals surface area (Å²) in [6.07, 6.45) is 17.0. The molecule has 4 rings (SSSR count). The minimum atomic E-state index is -0.975. The van der Waals surface area contributed by atoms with Gasteiger partial charge >= 0.3 is 5.97 Å². The van der Waals surface area contributed by atoms with E-state index < -0.39 is 11.4 Å². The molecule has 0 amide bonds. The summed E-state index contributed by atoms with van der Waals surface area (Å²) in [5.41, 5.74) is 5.04. The molecule has 3 atom stereocenters. The van der Waals surface area contributed by atoms with Crippen molar-refractivity contribution in [2.24, 2.45) is 5.92 Å². The molecule has 0 spiro atoms. The summed E-state index contributed by atoms with van der Waals surface area (Å²) in [5, 5.41) is 13.4. The first-order valence-corrected chi connectivity index (χ1v) is 12.0. The third kappa shape index (κ3) is 4.61. The molecule has 3 unspecified atom stereocenters. The lowest BCUT2D eigenvalue weighted by Gasteiger charge is -2.35. The fraction of sp³-hybridized carbons (Fsp3) is 0.464. The van der Waals surface area contributed by atoms with Crippen LogP contribution in [0, 0.1) is 5.92 Å². The van der Waals surface area contributed by atoms with Crippen molar-refractivity contribution in [2.75, 3.05) is 0 Å². The Bertz CT molecular complexity index is 953. The summed E-state index contributed by atoms with van der Waals surface area (Å²) in [5.74, 6) is -0.121. The van der Waals surface area contributed by atoms with Crippen molar-refractivity contribution in [2.45, 2.75) is 76.9 Å². The van der Waals surface area contributed by atoms with Crippen LogP contribution in [0.3, 0.4) is 0 Å². The Hall–Kier alpha value is -2.59. The minimum Gasteiger partial charge on any atom is -0.480 e. The van der Waals surface area contributed by atoms with Crippen LogP contribution in [0.5, 0.6) is 0 Å². The van der Waals surface area contributed by atoms with E-state index in [0.29, 0.717) is 18.9 Å². The molecule has 1 aliphatic heterocycles. The maximum absolute atomic E-state index is 12.0. The molecule has 2 N–H and O–H groups in total. The van der Waals surface area contributed by atoms with Crippen molar-refractivity contribution < 1.29 is 14.6 Å². The largest absolute Gasteiger partial charge is 0.480 e. The van der Waals surface area contributed by atoms with Gasteiger partial charge in [-0.25, -0.2) is 0 Å². The van der Waals surface area contributed by atoms with E-state index in [9.17, 15) is 9.90 Å². The number of aliphatic carboxylic acids is 1. The van der Waals surface area contributed by atoms with E-state index in [1.165, 1.54) is 36.1 Å². The van der Waals surface area contributed by atoms with Crippen molar-refractivity contribution in [3.63, 3.8) is 0 Å². The van der Waals surface area contributed by atoms with Gasteiger partial charge in [-0.15, -0.1) is 0 Å². The highest BCUT2D eigenvalue weighted by molar-refractivity contribution is 5.85. The van der Waals surface area contributed by atoms with Crippen LogP contribution < -0.4 is 5.32 Å². The van der Waals surface area contributed by atoms with Gasteiger partial charge in [-0.05, 0) is 66.7 Å². The van der Waals surface area contributed by atoms with Crippen molar-refractivity contribution in [3.05, 3.63) is 82.7 Å². The summed E-state index contributed by atoms with van der Waals surface area (Å²) >= 11 is 0. The van der Waals surface area contributed by atoms with E-state index in [4.69, 9.17) is 4.74 Å². The average Bonchev–Trinajstić information content (AvgIpc) is 2.82. The summed E-state index contributed by atoms with van der Waals surface area (Å²) in [6, 6.07) is 7.92. The lowest BCUT2D eigenvalue weighted by atomic mass is 9.75. The molecule has 0 fully saturated rings. The van der Waals surface area contributed by atoms with Crippen LogP contribution >= 0.6 is 0 Å². The Morgan fingerprint density at radius 2 is 2.06 bits per heavy atom. The third-order valence-corrected chi connectivity index (χ3v) is 7.08. The number of dihydropyridines is 1. The fourth-order valence-corrected chi connectivity index (χ4v) is 5.05. The Kier molecular flexibility index (Phi) is 7.00. The van der Waals surface area contributed by atoms with E-state index in [0.717, 1.165) is 30.4 Å². The van der Waals surface area contributed by atoms with Gasteiger partial charge in [-0.3, -0.25) is 4.79 Å². The highest BCUT2D eigenvalue weighted by atomic mass is 16.5. The molecular weight excluding hydrogens is 398 g/mol. The van der Waals surface area contributed by atoms with Gasteiger partial charge < -0.3 is 15.2 Å². The van der Waals surface area contributed by atoms with E-state index in [-0.39, 0.29) is 6.10 Å². The van der Waals surface area contributed by atoms with Gasteiger partial charge in [-0.2, -0.15) is 0 Å². The zero-order chi connectivity index (χ0) is 22.6. The lowest BCUT2D eigenvalue weighted by molar-refractivity contribution is -0.141. The molecule has 0 bridgehead atoms. The SMILES string of the molecule is CCCCC1=CNC2=C(CC(C)CC2)C1OCc1ccc(C2(C(=O)O)C=CC=CC2)cc1. The van der Waals surface area contributed by atoms with Gasteiger partial charge in [0.2, 0.25) is 0 Å². The zero-order valence-corrected chi connectivity index (χ0v) is 19.3. The molecular formula is C28H35NO3. The Balaban J connectivity index is 1.49. The number of unbranched alkanes of at least 4 members (excludes halogenated alkanes) is 1. The lowest BCUT2D eigenvalue weighted by Crippen LogP contribution is -2.34. The Morgan fingerprint density at radius 3 is 2.75 bits per heavy atom. The number of benzene rings is 1. The van der Waals surface area contributed by atoms with Crippen LogP contribution in [-0.2, 0) is 21.6 Å². The van der Waals surface area contributed by atoms with Crippen LogP contribution in [0.2, 0.25) is 0 Å². The molecule has 1 aromatic rings. The first-order chi connectivity index (χ1) is 15.5. The van der Waals surface area contributed by atoms with Crippen molar-refractivity contribution in [1.29, 1.82) is 0 Å². The zero-order valence-electron chi connectivity index (χ0n) is 19.3. The van der Waals surface area contributed by atoms with Gasteiger partial charge in [0.05, 0.1) is 6.61 Å². The van der Waals surface area contributed by atoms with Crippen LogP contribution in [-0.4, -0.2) is 17.2 Å². The second-order valence-corrected chi connectivity index (χ2v) is 9.47. The molecule has 3 aliphatic rings. The molecule has 4 heteroatoms. The number of allylic oxidation sites excluding steroid dienone is 4. The first kappa shape index (κ1) is 22.6. The molecule has 1 heterocycles. The molecule has 0 saturated carbocycles. The fourth-order valence-electron chi connectivity index (χ4n) is 5.05. The van der Waals surface area contributed by atoms with Crippen LogP contribution in [0.1, 0.15) is 69.9 Å². The van der Waals surface area contributed by atoms with Crippen LogP contribution in [0.4, 0.5) is 0 Å². The maximum Gasteiger partial charge on any atom is 0.318 e. The van der Waals surface area contributed by atoms with Gasteiger partial charge in [0.15, 0.2) is 0 Å². The quantitative estimate of drug-likeness (QED) is 0.515.